The van der Waals surface area contributed by atoms with Gasteiger partial charge in [-0.3, -0.25) is 14.1 Å². The minimum atomic E-state index is -4.62. The van der Waals surface area contributed by atoms with Crippen molar-refractivity contribution in [1.29, 1.82) is 0 Å². The molecule has 1 heterocycles. The normalized spacial score (nSPS) is 19.5. The van der Waals surface area contributed by atoms with Crippen molar-refractivity contribution in [1.82, 2.24) is 0 Å². The molecular weight excluding hydrogens is 909 g/mol. The highest BCUT2D eigenvalue weighted by molar-refractivity contribution is 7.85. The van der Waals surface area contributed by atoms with Crippen molar-refractivity contribution in [2.75, 3.05) is 19.0 Å². The maximum atomic E-state index is 12.9. The monoisotopic (exact) mass is 1010 g/mol. The van der Waals surface area contributed by atoms with E-state index in [9.17, 15) is 37.9 Å². The number of unbranched alkanes of at least 4 members (excludes halogenated alkanes) is 22. The fraction of sp³-hybridized carbons (Fsp3) is 0.754. The molecule has 1 aliphatic heterocycles. The molecule has 1 fully saturated rings. The fourth-order valence-corrected chi connectivity index (χ4v) is 8.71. The van der Waals surface area contributed by atoms with Crippen molar-refractivity contribution in [2.24, 2.45) is 0 Å². The zero-order chi connectivity index (χ0) is 51.2. The second-order valence-electron chi connectivity index (χ2n) is 18.9. The number of hydrogen-bond donors (Lipinski definition) is 4. The zero-order valence-electron chi connectivity index (χ0n) is 43.6. The van der Waals surface area contributed by atoms with Crippen LogP contribution in [0.4, 0.5) is 0 Å². The molecule has 0 aromatic carbocycles. The largest absolute Gasteiger partial charge is 0.462 e. The van der Waals surface area contributed by atoms with Gasteiger partial charge in [-0.1, -0.05) is 209 Å². The number of ether oxygens (including phenoxy) is 4. The number of allylic oxidation sites excluding steroid dienone is 12. The number of hydrogen-bond acceptors (Lipinski definition) is 11. The number of esters is 2. The Morgan fingerprint density at radius 2 is 0.886 bits per heavy atom. The van der Waals surface area contributed by atoms with Gasteiger partial charge in [0.25, 0.3) is 10.1 Å². The maximum Gasteiger partial charge on any atom is 0.306 e. The standard InChI is InChI=1S/C57H98O12S/c1-3-5-7-9-11-13-15-17-19-21-23-24-25-26-28-30-32-34-36-38-40-42-44-46-53(59)68-50(48-67-57-56(62)55(61)54(60)51(69-57)49-70(63,64)65)47-66-52(58)45-43-41-39-37-35-33-31-29-27-22-20-18-16-14-12-10-8-6-4-2/h12,14,18,20,27,29,33,35,38-41,50-51,54-57,60-62H,3-11,13,15-17,19,21-26,28,30-32,34,36-37,42-49H2,1-2H3,(H,63,64,65)/b14-12+,20-18+,29-27+,35-33+,40-38+,41-39+/t50-,51-,54-,55?,56?,57+/m1/s1. The highest BCUT2D eigenvalue weighted by atomic mass is 32.2. The van der Waals surface area contributed by atoms with E-state index in [2.05, 4.69) is 74.6 Å². The third kappa shape index (κ3) is 39.7. The van der Waals surface area contributed by atoms with Gasteiger partial charge in [-0.2, -0.15) is 8.42 Å². The van der Waals surface area contributed by atoms with Crippen LogP contribution in [-0.4, -0.2) is 96.0 Å². The number of aliphatic hydroxyl groups excluding tert-OH is 3. The molecule has 1 rings (SSSR count). The molecule has 70 heavy (non-hydrogen) atoms. The summed E-state index contributed by atoms with van der Waals surface area (Å²) in [6.45, 7) is 3.68. The van der Waals surface area contributed by atoms with Crippen LogP contribution in [-0.2, 0) is 38.7 Å². The first-order chi connectivity index (χ1) is 34.0. The fourth-order valence-electron chi connectivity index (χ4n) is 8.02. The lowest BCUT2D eigenvalue weighted by molar-refractivity contribution is -0.297. The first-order valence-corrected chi connectivity index (χ1v) is 29.1. The van der Waals surface area contributed by atoms with E-state index >= 15 is 0 Å². The number of rotatable bonds is 46. The third-order valence-electron chi connectivity index (χ3n) is 12.3. The number of carbonyl (C=O) groups is 2. The van der Waals surface area contributed by atoms with Gasteiger partial charge in [-0.25, -0.2) is 0 Å². The van der Waals surface area contributed by atoms with Crippen molar-refractivity contribution < 1.29 is 56.8 Å². The van der Waals surface area contributed by atoms with Gasteiger partial charge in [0, 0.05) is 12.8 Å². The second-order valence-corrected chi connectivity index (χ2v) is 20.4. The first kappa shape index (κ1) is 65.1. The lowest BCUT2D eigenvalue weighted by Crippen LogP contribution is -2.60. The van der Waals surface area contributed by atoms with Gasteiger partial charge in [0.05, 0.1) is 6.61 Å². The Labute approximate surface area is 425 Å². The van der Waals surface area contributed by atoms with E-state index in [4.69, 9.17) is 18.9 Å². The van der Waals surface area contributed by atoms with E-state index in [1.54, 1.807) is 0 Å². The maximum absolute atomic E-state index is 12.9. The lowest BCUT2D eigenvalue weighted by atomic mass is 10.00. The average Bonchev–Trinajstić information content (AvgIpc) is 3.33. The highest BCUT2D eigenvalue weighted by Crippen LogP contribution is 2.24. The topological polar surface area (TPSA) is 186 Å². The van der Waals surface area contributed by atoms with Crippen LogP contribution in [0.25, 0.3) is 0 Å². The Balaban J connectivity index is 2.40. The summed E-state index contributed by atoms with van der Waals surface area (Å²) >= 11 is 0. The zero-order valence-corrected chi connectivity index (χ0v) is 44.4. The summed E-state index contributed by atoms with van der Waals surface area (Å²) in [5.41, 5.74) is 0. The predicted molar refractivity (Wildman–Crippen MR) is 284 cm³/mol. The summed E-state index contributed by atoms with van der Waals surface area (Å²) in [6.07, 6.45) is 51.1. The summed E-state index contributed by atoms with van der Waals surface area (Å²) in [4.78, 5) is 25.5. The molecule has 404 valence electrons. The summed E-state index contributed by atoms with van der Waals surface area (Å²) in [7, 11) is -4.62. The van der Waals surface area contributed by atoms with Crippen LogP contribution in [0.3, 0.4) is 0 Å². The predicted octanol–water partition coefficient (Wildman–Crippen LogP) is 13.0. The van der Waals surface area contributed by atoms with Gasteiger partial charge in [0.2, 0.25) is 0 Å². The molecule has 0 aromatic rings. The smallest absolute Gasteiger partial charge is 0.306 e. The van der Waals surface area contributed by atoms with E-state index in [0.717, 1.165) is 44.9 Å². The van der Waals surface area contributed by atoms with Crippen LogP contribution in [0.15, 0.2) is 72.9 Å². The van der Waals surface area contributed by atoms with Gasteiger partial charge in [-0.05, 0) is 70.6 Å². The molecule has 0 aliphatic carbocycles. The van der Waals surface area contributed by atoms with Crippen molar-refractivity contribution >= 4 is 22.1 Å². The molecule has 0 radical (unpaired) electrons. The Morgan fingerprint density at radius 3 is 1.37 bits per heavy atom. The molecule has 0 spiro atoms. The van der Waals surface area contributed by atoms with E-state index in [1.165, 1.54) is 128 Å². The average molecular weight is 1010 g/mol. The summed E-state index contributed by atoms with van der Waals surface area (Å²) in [5, 5.41) is 31.0. The van der Waals surface area contributed by atoms with Gasteiger partial charge < -0.3 is 34.3 Å². The molecule has 0 bridgehead atoms. The molecule has 13 heteroatoms. The summed E-state index contributed by atoms with van der Waals surface area (Å²) in [5.74, 6) is -2.13. The molecule has 0 amide bonds. The Bertz CT molecular complexity index is 1550. The van der Waals surface area contributed by atoms with Crippen molar-refractivity contribution in [3.05, 3.63) is 72.9 Å². The lowest BCUT2D eigenvalue weighted by Gasteiger charge is -2.40. The Hall–Kier alpha value is -2.91. The molecule has 0 saturated carbocycles. The van der Waals surface area contributed by atoms with Crippen molar-refractivity contribution in [3.63, 3.8) is 0 Å². The second kappa shape index (κ2) is 45.9. The van der Waals surface area contributed by atoms with Crippen molar-refractivity contribution in [3.8, 4) is 0 Å². The van der Waals surface area contributed by atoms with E-state index in [1.807, 2.05) is 12.2 Å². The first-order valence-electron chi connectivity index (χ1n) is 27.5. The molecule has 4 N–H and O–H groups in total. The van der Waals surface area contributed by atoms with Crippen LogP contribution in [0.1, 0.15) is 219 Å². The summed E-state index contributed by atoms with van der Waals surface area (Å²) < 4.78 is 54.2. The van der Waals surface area contributed by atoms with E-state index < -0.39 is 71.2 Å². The van der Waals surface area contributed by atoms with Crippen LogP contribution in [0.2, 0.25) is 0 Å². The van der Waals surface area contributed by atoms with Gasteiger partial charge in [0.15, 0.2) is 12.4 Å². The van der Waals surface area contributed by atoms with Gasteiger partial charge >= 0.3 is 11.9 Å². The van der Waals surface area contributed by atoms with Gasteiger partial charge in [0.1, 0.15) is 36.8 Å². The van der Waals surface area contributed by atoms with Crippen LogP contribution >= 0.6 is 0 Å². The SMILES string of the molecule is CCCCC/C=C/C/C=C/C/C=C/C/C=C/C/C=C/CCC(=O)OC[C@H](CO[C@H]1O[C@H](CS(=O)(=O)O)[C@@H](O)C(O)C1O)OC(=O)CCC/C=C/CCCCCCCCCCCCCCCCCCCC. The van der Waals surface area contributed by atoms with Crippen LogP contribution in [0.5, 0.6) is 0 Å². The van der Waals surface area contributed by atoms with E-state index in [0.29, 0.717) is 19.3 Å². The molecule has 2 unspecified atom stereocenters. The quantitative estimate of drug-likeness (QED) is 0.0196. The molecule has 6 atom stereocenters. The third-order valence-corrected chi connectivity index (χ3v) is 13.0. The Morgan fingerprint density at radius 1 is 0.486 bits per heavy atom. The number of aliphatic hydroxyl groups is 3. The minimum absolute atomic E-state index is 0.0876. The molecule has 1 aliphatic rings. The summed E-state index contributed by atoms with van der Waals surface area (Å²) in [6, 6.07) is 0. The van der Waals surface area contributed by atoms with Crippen LogP contribution in [0, 0.1) is 0 Å². The highest BCUT2D eigenvalue weighted by Gasteiger charge is 2.46. The number of carbonyl (C=O) groups excluding carboxylic acids is 2. The molecule has 1 saturated heterocycles. The van der Waals surface area contributed by atoms with Crippen molar-refractivity contribution in [2.45, 2.75) is 256 Å². The molecule has 0 aromatic heterocycles. The molecular formula is C57H98O12S. The minimum Gasteiger partial charge on any atom is -0.462 e. The van der Waals surface area contributed by atoms with Gasteiger partial charge in [-0.15, -0.1) is 0 Å². The van der Waals surface area contributed by atoms with E-state index in [-0.39, 0.29) is 19.4 Å². The molecule has 12 nitrogen and oxygen atoms in total. The Kier molecular flexibility index (Phi) is 42.7. The van der Waals surface area contributed by atoms with Crippen LogP contribution < -0.4 is 0 Å².